The molecular formula is C23H25FN4O. The van der Waals surface area contributed by atoms with Gasteiger partial charge >= 0.3 is 0 Å². The minimum absolute atomic E-state index is 0.0102. The Balaban J connectivity index is 1.63. The fourth-order valence-electron chi connectivity index (χ4n) is 3.83. The fraction of sp³-hybridized carbons (Fsp3) is 0.304. The van der Waals surface area contributed by atoms with Crippen LogP contribution in [0.4, 0.5) is 4.39 Å². The first kappa shape index (κ1) is 19.3. The van der Waals surface area contributed by atoms with Gasteiger partial charge in [-0.2, -0.15) is 5.10 Å². The third-order valence-electron chi connectivity index (χ3n) is 5.28. The van der Waals surface area contributed by atoms with Crippen LogP contribution in [0.25, 0.3) is 16.9 Å². The number of amides is 1. The summed E-state index contributed by atoms with van der Waals surface area (Å²) in [6.45, 7) is 6.08. The van der Waals surface area contributed by atoms with Crippen molar-refractivity contribution < 1.29 is 9.18 Å². The van der Waals surface area contributed by atoms with E-state index < -0.39 is 0 Å². The lowest BCUT2D eigenvalue weighted by Crippen LogP contribution is -2.35. The Kier molecular flexibility index (Phi) is 5.45. The van der Waals surface area contributed by atoms with Crippen molar-refractivity contribution in [2.45, 2.75) is 32.9 Å². The largest absolute Gasteiger partial charge is 0.352 e. The van der Waals surface area contributed by atoms with Gasteiger partial charge in [0.2, 0.25) is 5.91 Å². The zero-order valence-corrected chi connectivity index (χ0v) is 16.7. The average molecular weight is 392 g/mol. The van der Waals surface area contributed by atoms with Crippen LogP contribution >= 0.6 is 0 Å². The van der Waals surface area contributed by atoms with Gasteiger partial charge in [0.15, 0.2) is 0 Å². The highest BCUT2D eigenvalue weighted by molar-refractivity contribution is 5.73. The number of aromatic nitrogens is 2. The van der Waals surface area contributed by atoms with Crippen LogP contribution in [0.1, 0.15) is 24.5 Å². The summed E-state index contributed by atoms with van der Waals surface area (Å²) in [5.74, 6) is -0.248. The number of halogens is 1. The van der Waals surface area contributed by atoms with E-state index in [4.69, 9.17) is 5.10 Å². The predicted octanol–water partition coefficient (Wildman–Crippen LogP) is 3.70. The smallest absolute Gasteiger partial charge is 0.217 e. The standard InChI is InChI=1S/C23H25FN4O/c1-16-3-9-22(10-4-16)28-14-19(13-27-12-11-21(15-27)25-17(2)29)23(26-28)18-5-7-20(24)8-6-18/h3-10,14,21H,11-13,15H2,1-2H3,(H,25,29)/t21-/m1/s1. The molecule has 2 aromatic carbocycles. The van der Waals surface area contributed by atoms with Gasteiger partial charge in [-0.3, -0.25) is 9.69 Å². The molecular weight excluding hydrogens is 367 g/mol. The molecule has 150 valence electrons. The molecule has 1 aliphatic heterocycles. The molecule has 6 heteroatoms. The third kappa shape index (κ3) is 4.54. The lowest BCUT2D eigenvalue weighted by Gasteiger charge is -2.16. The summed E-state index contributed by atoms with van der Waals surface area (Å²) in [6, 6.07) is 14.9. The van der Waals surface area contributed by atoms with Gasteiger partial charge in [0.25, 0.3) is 0 Å². The van der Waals surface area contributed by atoms with E-state index in [2.05, 4.69) is 35.5 Å². The number of carbonyl (C=O) groups excluding carboxylic acids is 1. The topological polar surface area (TPSA) is 50.2 Å². The Morgan fingerprint density at radius 3 is 2.59 bits per heavy atom. The molecule has 3 aromatic rings. The number of benzene rings is 2. The van der Waals surface area contributed by atoms with E-state index in [1.165, 1.54) is 17.7 Å². The monoisotopic (exact) mass is 392 g/mol. The highest BCUT2D eigenvalue weighted by atomic mass is 19.1. The molecule has 1 saturated heterocycles. The van der Waals surface area contributed by atoms with Crippen molar-refractivity contribution in [1.82, 2.24) is 20.0 Å². The average Bonchev–Trinajstić information content (AvgIpc) is 3.30. The van der Waals surface area contributed by atoms with Crippen LogP contribution in [0.3, 0.4) is 0 Å². The number of likely N-dealkylation sites (tertiary alicyclic amines) is 1. The maximum atomic E-state index is 13.4. The minimum Gasteiger partial charge on any atom is -0.352 e. The molecule has 29 heavy (non-hydrogen) atoms. The van der Waals surface area contributed by atoms with E-state index in [1.807, 2.05) is 16.8 Å². The molecule has 0 spiro atoms. The Labute approximate surface area is 170 Å². The molecule has 4 rings (SSSR count). The molecule has 5 nitrogen and oxygen atoms in total. The fourth-order valence-corrected chi connectivity index (χ4v) is 3.83. The Hall–Kier alpha value is -2.99. The highest BCUT2D eigenvalue weighted by Gasteiger charge is 2.24. The number of nitrogens with one attached hydrogen (secondary N) is 1. The molecule has 0 saturated carbocycles. The molecule has 1 fully saturated rings. The van der Waals surface area contributed by atoms with E-state index in [0.29, 0.717) is 0 Å². The first-order valence-corrected chi connectivity index (χ1v) is 9.89. The first-order chi connectivity index (χ1) is 14.0. The highest BCUT2D eigenvalue weighted by Crippen LogP contribution is 2.26. The molecule has 1 atom stereocenters. The van der Waals surface area contributed by atoms with Gasteiger partial charge in [0, 0.05) is 49.9 Å². The summed E-state index contributed by atoms with van der Waals surface area (Å²) in [6.07, 6.45) is 2.99. The quantitative estimate of drug-likeness (QED) is 0.720. The second-order valence-corrected chi connectivity index (χ2v) is 7.71. The Morgan fingerprint density at radius 1 is 1.17 bits per heavy atom. The summed E-state index contributed by atoms with van der Waals surface area (Å²) in [5.41, 5.74) is 5.02. The lowest BCUT2D eigenvalue weighted by molar-refractivity contribution is -0.119. The summed E-state index contributed by atoms with van der Waals surface area (Å²) in [7, 11) is 0. The second kappa shape index (κ2) is 8.17. The maximum absolute atomic E-state index is 13.4. The van der Waals surface area contributed by atoms with Crippen molar-refractivity contribution >= 4 is 5.91 Å². The number of hydrogen-bond donors (Lipinski definition) is 1. The molecule has 0 bridgehead atoms. The van der Waals surface area contributed by atoms with E-state index in [-0.39, 0.29) is 17.8 Å². The molecule has 1 N–H and O–H groups in total. The molecule has 0 unspecified atom stereocenters. The SMILES string of the molecule is CC(=O)N[C@@H]1CCN(Cc2cn(-c3ccc(C)cc3)nc2-c2ccc(F)cc2)C1. The summed E-state index contributed by atoms with van der Waals surface area (Å²) in [4.78, 5) is 13.7. The second-order valence-electron chi connectivity index (χ2n) is 7.71. The summed E-state index contributed by atoms with van der Waals surface area (Å²) in [5, 5.41) is 7.82. The normalized spacial score (nSPS) is 16.9. The zero-order valence-electron chi connectivity index (χ0n) is 16.7. The van der Waals surface area contributed by atoms with Crippen molar-refractivity contribution in [3.8, 4) is 16.9 Å². The van der Waals surface area contributed by atoms with Gasteiger partial charge < -0.3 is 5.32 Å². The summed E-state index contributed by atoms with van der Waals surface area (Å²) < 4.78 is 15.3. The first-order valence-electron chi connectivity index (χ1n) is 9.89. The molecule has 2 heterocycles. The van der Waals surface area contributed by atoms with Crippen LogP contribution in [-0.2, 0) is 11.3 Å². The molecule has 0 radical (unpaired) electrons. The van der Waals surface area contributed by atoms with Crippen LogP contribution < -0.4 is 5.32 Å². The zero-order chi connectivity index (χ0) is 20.4. The molecule has 1 aromatic heterocycles. The van der Waals surface area contributed by atoms with Gasteiger partial charge in [-0.15, -0.1) is 0 Å². The Morgan fingerprint density at radius 2 is 1.90 bits per heavy atom. The van der Waals surface area contributed by atoms with Crippen molar-refractivity contribution in [1.29, 1.82) is 0 Å². The van der Waals surface area contributed by atoms with Gasteiger partial charge in [-0.1, -0.05) is 17.7 Å². The van der Waals surface area contributed by atoms with Crippen LogP contribution in [0.5, 0.6) is 0 Å². The van der Waals surface area contributed by atoms with E-state index >= 15 is 0 Å². The predicted molar refractivity (Wildman–Crippen MR) is 111 cm³/mol. The molecule has 1 amide bonds. The number of rotatable bonds is 5. The van der Waals surface area contributed by atoms with Crippen LogP contribution in [0, 0.1) is 12.7 Å². The maximum Gasteiger partial charge on any atom is 0.217 e. The molecule has 1 aliphatic rings. The van der Waals surface area contributed by atoms with Crippen molar-refractivity contribution in [3.63, 3.8) is 0 Å². The van der Waals surface area contributed by atoms with E-state index in [0.717, 1.165) is 48.6 Å². The van der Waals surface area contributed by atoms with Gasteiger partial charge in [-0.25, -0.2) is 9.07 Å². The lowest BCUT2D eigenvalue weighted by atomic mass is 10.1. The third-order valence-corrected chi connectivity index (χ3v) is 5.28. The van der Waals surface area contributed by atoms with E-state index in [1.54, 1.807) is 19.1 Å². The van der Waals surface area contributed by atoms with Gasteiger partial charge in [0.05, 0.1) is 11.4 Å². The van der Waals surface area contributed by atoms with Crippen molar-refractivity contribution in [2.24, 2.45) is 0 Å². The molecule has 0 aliphatic carbocycles. The Bertz CT molecular complexity index is 995. The van der Waals surface area contributed by atoms with Crippen LogP contribution in [0.2, 0.25) is 0 Å². The number of carbonyl (C=O) groups is 1. The van der Waals surface area contributed by atoms with Gasteiger partial charge in [-0.05, 0) is 49.7 Å². The van der Waals surface area contributed by atoms with E-state index in [9.17, 15) is 9.18 Å². The number of nitrogens with zero attached hydrogens (tertiary/aromatic N) is 3. The van der Waals surface area contributed by atoms with Crippen molar-refractivity contribution in [2.75, 3.05) is 13.1 Å². The van der Waals surface area contributed by atoms with Gasteiger partial charge in [0.1, 0.15) is 5.82 Å². The summed E-state index contributed by atoms with van der Waals surface area (Å²) >= 11 is 0. The minimum atomic E-state index is -0.258. The van der Waals surface area contributed by atoms with Crippen LogP contribution in [-0.4, -0.2) is 39.7 Å². The number of hydrogen-bond acceptors (Lipinski definition) is 3. The number of aryl methyl sites for hydroxylation is 1. The van der Waals surface area contributed by atoms with Crippen LogP contribution in [0.15, 0.2) is 54.7 Å². The van der Waals surface area contributed by atoms with Crippen molar-refractivity contribution in [3.05, 3.63) is 71.7 Å².